The highest BCUT2D eigenvalue weighted by Gasteiger charge is 2.32. The lowest BCUT2D eigenvalue weighted by Crippen LogP contribution is -2.28. The van der Waals surface area contributed by atoms with Gasteiger partial charge in [-0.3, -0.25) is 9.89 Å². The third-order valence-corrected chi connectivity index (χ3v) is 5.84. The molecule has 148 valence electrons. The van der Waals surface area contributed by atoms with Crippen molar-refractivity contribution in [1.82, 2.24) is 15.5 Å². The molecular weight excluding hydrogens is 366 g/mol. The van der Waals surface area contributed by atoms with Gasteiger partial charge in [0.25, 0.3) is 0 Å². The number of para-hydroxylation sites is 1. The van der Waals surface area contributed by atoms with Gasteiger partial charge in [-0.1, -0.05) is 18.2 Å². The van der Waals surface area contributed by atoms with Crippen LogP contribution in [0.15, 0.2) is 42.2 Å². The lowest BCUT2D eigenvalue weighted by Gasteiger charge is -2.24. The van der Waals surface area contributed by atoms with Crippen LogP contribution in [0.4, 0.5) is 0 Å². The Balaban J connectivity index is 1.52. The first-order valence-electron chi connectivity index (χ1n) is 10.0. The zero-order chi connectivity index (χ0) is 19.8. The van der Waals surface area contributed by atoms with Gasteiger partial charge in [-0.2, -0.15) is 5.10 Å². The second-order valence-corrected chi connectivity index (χ2v) is 7.61. The summed E-state index contributed by atoms with van der Waals surface area (Å²) in [6.45, 7) is 2.05. The number of hydrogen-bond acceptors (Lipinski definition) is 5. The highest BCUT2D eigenvalue weighted by molar-refractivity contribution is 6.15. The number of hydrogen-bond donors (Lipinski definition) is 2. The molecule has 2 aliphatic rings. The average molecular weight is 389 g/mol. The largest absolute Gasteiger partial charge is 0.496 e. The number of piperidine rings is 1. The fourth-order valence-electron chi connectivity index (χ4n) is 4.27. The molecule has 0 aliphatic carbocycles. The second-order valence-electron chi connectivity index (χ2n) is 7.61. The van der Waals surface area contributed by atoms with Crippen molar-refractivity contribution >= 4 is 22.8 Å². The molecule has 0 bridgehead atoms. The molecule has 6 heteroatoms. The molecule has 6 nitrogen and oxygen atoms in total. The number of ether oxygens (including phenoxy) is 2. The van der Waals surface area contributed by atoms with E-state index in [2.05, 4.69) is 15.5 Å². The van der Waals surface area contributed by atoms with Crippen LogP contribution >= 0.6 is 0 Å². The van der Waals surface area contributed by atoms with Crippen molar-refractivity contribution in [3.8, 4) is 11.5 Å². The Morgan fingerprint density at radius 2 is 2.03 bits per heavy atom. The van der Waals surface area contributed by atoms with Crippen molar-refractivity contribution in [2.45, 2.75) is 19.3 Å². The molecule has 0 amide bonds. The quantitative estimate of drug-likeness (QED) is 0.665. The lowest BCUT2D eigenvalue weighted by atomic mass is 9.89. The summed E-state index contributed by atoms with van der Waals surface area (Å²) < 4.78 is 11.7. The maximum absolute atomic E-state index is 13.0. The number of rotatable bonds is 4. The van der Waals surface area contributed by atoms with Crippen LogP contribution in [0.1, 0.15) is 34.5 Å². The van der Waals surface area contributed by atoms with E-state index in [9.17, 15) is 4.79 Å². The third-order valence-electron chi connectivity index (χ3n) is 5.84. The van der Waals surface area contributed by atoms with E-state index in [1.165, 1.54) is 0 Å². The van der Waals surface area contributed by atoms with Crippen LogP contribution in [0.3, 0.4) is 0 Å². The van der Waals surface area contributed by atoms with Crippen LogP contribution in [0.25, 0.3) is 17.0 Å². The van der Waals surface area contributed by atoms with E-state index in [0.29, 0.717) is 28.7 Å². The minimum absolute atomic E-state index is 0.110. The first kappa shape index (κ1) is 17.9. The number of aromatic nitrogens is 2. The van der Waals surface area contributed by atoms with Gasteiger partial charge in [0.15, 0.2) is 5.76 Å². The predicted octanol–water partition coefficient (Wildman–Crippen LogP) is 3.73. The van der Waals surface area contributed by atoms with Gasteiger partial charge >= 0.3 is 0 Å². The maximum Gasteiger partial charge on any atom is 0.232 e. The summed E-state index contributed by atoms with van der Waals surface area (Å²) in [6.07, 6.45) is 4.80. The number of nitrogens with zero attached hydrogens (tertiary/aromatic N) is 1. The molecular formula is C23H23N3O3. The summed E-state index contributed by atoms with van der Waals surface area (Å²) in [5.74, 6) is 2.16. The molecule has 2 N–H and O–H groups in total. The molecule has 2 aliphatic heterocycles. The van der Waals surface area contributed by atoms with Crippen LogP contribution in [-0.4, -0.2) is 36.2 Å². The maximum atomic E-state index is 13.0. The average Bonchev–Trinajstić information content (AvgIpc) is 3.31. The van der Waals surface area contributed by atoms with E-state index in [1.807, 2.05) is 30.3 Å². The molecule has 1 fully saturated rings. The fraction of sp³-hybridized carbons (Fsp3) is 0.304. The van der Waals surface area contributed by atoms with Crippen molar-refractivity contribution in [2.24, 2.45) is 5.92 Å². The Morgan fingerprint density at radius 1 is 1.21 bits per heavy atom. The van der Waals surface area contributed by atoms with E-state index in [4.69, 9.17) is 9.47 Å². The second kappa shape index (κ2) is 7.37. The topological polar surface area (TPSA) is 76.2 Å². The van der Waals surface area contributed by atoms with Gasteiger partial charge in [0, 0.05) is 17.0 Å². The van der Waals surface area contributed by atoms with E-state index < -0.39 is 0 Å². The Labute approximate surface area is 168 Å². The van der Waals surface area contributed by atoms with E-state index >= 15 is 0 Å². The molecule has 2 aromatic carbocycles. The molecule has 0 spiro atoms. The number of H-pyrrole nitrogens is 1. The number of Topliss-reactive ketones (excluding diaryl/α,β-unsaturated/α-hetero) is 1. The summed E-state index contributed by atoms with van der Waals surface area (Å²) >= 11 is 0. The molecule has 0 radical (unpaired) electrons. The van der Waals surface area contributed by atoms with E-state index in [-0.39, 0.29) is 5.78 Å². The zero-order valence-corrected chi connectivity index (χ0v) is 16.3. The van der Waals surface area contributed by atoms with Crippen LogP contribution in [0.5, 0.6) is 11.5 Å². The van der Waals surface area contributed by atoms with Gasteiger partial charge in [-0.15, -0.1) is 0 Å². The SMILES string of the molecule is COc1ccc2c(c1CC1CCNCC1)OC(=Cc1n[nH]c3ccccc13)C2=O. The van der Waals surface area contributed by atoms with Gasteiger partial charge in [0.1, 0.15) is 11.5 Å². The Hall–Kier alpha value is -3.12. The first-order valence-corrected chi connectivity index (χ1v) is 10.0. The van der Waals surface area contributed by atoms with Crippen LogP contribution in [-0.2, 0) is 6.42 Å². The molecule has 0 saturated carbocycles. The van der Waals surface area contributed by atoms with Gasteiger partial charge in [0.05, 0.1) is 23.9 Å². The molecule has 0 atom stereocenters. The zero-order valence-electron chi connectivity index (χ0n) is 16.3. The molecule has 3 heterocycles. The standard InChI is InChI=1S/C23H23N3O3/c1-28-20-7-6-16-22(27)21(13-19-15-4-2-3-5-18(15)25-26-19)29-23(16)17(20)12-14-8-10-24-11-9-14/h2-7,13-14,24H,8-12H2,1H3,(H,25,26). The highest BCUT2D eigenvalue weighted by atomic mass is 16.5. The number of ketones is 1. The smallest absolute Gasteiger partial charge is 0.232 e. The summed E-state index contributed by atoms with van der Waals surface area (Å²) in [6, 6.07) is 11.5. The predicted molar refractivity (Wildman–Crippen MR) is 111 cm³/mol. The van der Waals surface area contributed by atoms with Crippen molar-refractivity contribution in [2.75, 3.05) is 20.2 Å². The summed E-state index contributed by atoms with van der Waals surface area (Å²) in [5, 5.41) is 11.7. The number of carbonyl (C=O) groups is 1. The summed E-state index contributed by atoms with van der Waals surface area (Å²) in [7, 11) is 1.66. The molecule has 29 heavy (non-hydrogen) atoms. The van der Waals surface area contributed by atoms with Crippen LogP contribution in [0.2, 0.25) is 0 Å². The number of benzene rings is 2. The minimum Gasteiger partial charge on any atom is -0.496 e. The van der Waals surface area contributed by atoms with Gasteiger partial charge in [0.2, 0.25) is 5.78 Å². The van der Waals surface area contributed by atoms with Crippen molar-refractivity contribution in [3.05, 3.63) is 59.0 Å². The number of carbonyl (C=O) groups excluding carboxylic acids is 1. The van der Waals surface area contributed by atoms with Crippen molar-refractivity contribution < 1.29 is 14.3 Å². The minimum atomic E-state index is -0.110. The molecule has 1 saturated heterocycles. The molecule has 1 aromatic heterocycles. The Bertz CT molecular complexity index is 1110. The lowest BCUT2D eigenvalue weighted by molar-refractivity contribution is 0.101. The number of aromatic amines is 1. The van der Waals surface area contributed by atoms with E-state index in [0.717, 1.165) is 54.6 Å². The van der Waals surface area contributed by atoms with Crippen LogP contribution in [0, 0.1) is 5.92 Å². The van der Waals surface area contributed by atoms with Gasteiger partial charge in [-0.25, -0.2) is 0 Å². The Morgan fingerprint density at radius 3 is 2.86 bits per heavy atom. The number of methoxy groups -OCH3 is 1. The van der Waals surface area contributed by atoms with Crippen molar-refractivity contribution in [1.29, 1.82) is 0 Å². The number of fused-ring (bicyclic) bond motifs is 2. The Kier molecular flexibility index (Phi) is 4.56. The molecule has 3 aromatic rings. The molecule has 0 unspecified atom stereocenters. The van der Waals surface area contributed by atoms with Gasteiger partial charge in [-0.05, 0) is 56.5 Å². The number of nitrogens with one attached hydrogen (secondary N) is 2. The summed E-state index contributed by atoms with van der Waals surface area (Å²) in [4.78, 5) is 13.0. The first-order chi connectivity index (χ1) is 14.2. The van der Waals surface area contributed by atoms with Crippen molar-refractivity contribution in [3.63, 3.8) is 0 Å². The van der Waals surface area contributed by atoms with Crippen LogP contribution < -0.4 is 14.8 Å². The normalized spacial score (nSPS) is 18.2. The van der Waals surface area contributed by atoms with E-state index in [1.54, 1.807) is 19.3 Å². The summed E-state index contributed by atoms with van der Waals surface area (Å²) in [5.41, 5.74) is 3.21. The monoisotopic (exact) mass is 389 g/mol. The van der Waals surface area contributed by atoms with Gasteiger partial charge < -0.3 is 14.8 Å². The fourth-order valence-corrected chi connectivity index (χ4v) is 4.27. The highest BCUT2D eigenvalue weighted by Crippen LogP contribution is 2.42. The molecule has 5 rings (SSSR count). The number of allylic oxidation sites excluding steroid dienone is 1. The third kappa shape index (κ3) is 3.19.